The first-order chi connectivity index (χ1) is 10.7. The number of amides is 1. The smallest absolute Gasteiger partial charge is 0.243 e. The number of rotatable bonds is 4. The van der Waals surface area contributed by atoms with Gasteiger partial charge in [-0.25, -0.2) is 0 Å². The quantitative estimate of drug-likeness (QED) is 0.871. The Balaban J connectivity index is 1.59. The summed E-state index contributed by atoms with van der Waals surface area (Å²) in [5, 5.41) is 14.7. The Bertz CT molecular complexity index is 637. The van der Waals surface area contributed by atoms with E-state index in [1.807, 2.05) is 35.9 Å². The molecule has 7 nitrogen and oxygen atoms in total. The third-order valence-electron chi connectivity index (χ3n) is 3.24. The molecule has 1 saturated heterocycles. The molecule has 1 atom stereocenters. The standard InChI is InChI=1S/C14H17N5O2S/c1-19-9-16-18-14(19)22-11-4-2-10(3-5-11)17-13(20)12-8-21-7-6-15-12/h2-5,9,12,15H,6-8H2,1H3,(H,17,20). The Kier molecular flexibility index (Phi) is 4.71. The summed E-state index contributed by atoms with van der Waals surface area (Å²) in [6, 6.07) is 7.35. The van der Waals surface area contributed by atoms with Crippen LogP contribution in [0.1, 0.15) is 0 Å². The number of anilines is 1. The zero-order chi connectivity index (χ0) is 15.4. The fraction of sp³-hybridized carbons (Fsp3) is 0.357. The molecular weight excluding hydrogens is 302 g/mol. The maximum Gasteiger partial charge on any atom is 0.243 e. The van der Waals surface area contributed by atoms with Gasteiger partial charge in [-0.15, -0.1) is 10.2 Å². The van der Waals surface area contributed by atoms with Crippen LogP contribution in [0, 0.1) is 0 Å². The molecule has 0 saturated carbocycles. The molecule has 1 aromatic carbocycles. The van der Waals surface area contributed by atoms with Gasteiger partial charge in [-0.05, 0) is 36.0 Å². The first kappa shape index (κ1) is 15.0. The van der Waals surface area contributed by atoms with E-state index in [4.69, 9.17) is 4.74 Å². The average molecular weight is 319 g/mol. The molecule has 0 bridgehead atoms. The number of carbonyl (C=O) groups is 1. The number of aromatic nitrogens is 3. The van der Waals surface area contributed by atoms with Crippen LogP contribution in [0.15, 0.2) is 40.6 Å². The van der Waals surface area contributed by atoms with Crippen molar-refractivity contribution in [3.63, 3.8) is 0 Å². The van der Waals surface area contributed by atoms with Gasteiger partial charge in [-0.2, -0.15) is 0 Å². The highest BCUT2D eigenvalue weighted by molar-refractivity contribution is 7.99. The summed E-state index contributed by atoms with van der Waals surface area (Å²) < 4.78 is 7.14. The Morgan fingerprint density at radius 1 is 1.45 bits per heavy atom. The molecule has 1 unspecified atom stereocenters. The van der Waals surface area contributed by atoms with Gasteiger partial charge < -0.3 is 19.9 Å². The molecule has 22 heavy (non-hydrogen) atoms. The SMILES string of the molecule is Cn1cnnc1Sc1ccc(NC(=O)C2COCCN2)cc1. The van der Waals surface area contributed by atoms with Crippen LogP contribution in [0.5, 0.6) is 0 Å². The summed E-state index contributed by atoms with van der Waals surface area (Å²) in [5.74, 6) is -0.0756. The number of morpholine rings is 1. The molecular formula is C14H17N5O2S. The van der Waals surface area contributed by atoms with Crippen LogP contribution in [0.3, 0.4) is 0 Å². The van der Waals surface area contributed by atoms with Crippen molar-refractivity contribution in [3.05, 3.63) is 30.6 Å². The molecule has 2 heterocycles. The molecule has 1 aromatic heterocycles. The van der Waals surface area contributed by atoms with Crippen molar-refractivity contribution < 1.29 is 9.53 Å². The van der Waals surface area contributed by atoms with Gasteiger partial charge in [0.15, 0.2) is 5.16 Å². The van der Waals surface area contributed by atoms with Crippen LogP contribution >= 0.6 is 11.8 Å². The number of hydrogen-bond donors (Lipinski definition) is 2. The van der Waals surface area contributed by atoms with Gasteiger partial charge in [-0.1, -0.05) is 0 Å². The third kappa shape index (κ3) is 3.65. The van der Waals surface area contributed by atoms with Crippen molar-refractivity contribution in [2.75, 3.05) is 25.1 Å². The topological polar surface area (TPSA) is 81.1 Å². The van der Waals surface area contributed by atoms with E-state index in [9.17, 15) is 4.79 Å². The molecule has 0 aliphatic carbocycles. The Morgan fingerprint density at radius 3 is 2.91 bits per heavy atom. The van der Waals surface area contributed by atoms with Crippen molar-refractivity contribution >= 4 is 23.4 Å². The summed E-state index contributed by atoms with van der Waals surface area (Å²) in [5.41, 5.74) is 0.764. The lowest BCUT2D eigenvalue weighted by molar-refractivity contribution is -0.120. The molecule has 8 heteroatoms. The van der Waals surface area contributed by atoms with Crippen LogP contribution in [0.4, 0.5) is 5.69 Å². The van der Waals surface area contributed by atoms with Crippen molar-refractivity contribution in [2.45, 2.75) is 16.1 Å². The first-order valence-corrected chi connectivity index (χ1v) is 7.78. The molecule has 1 aliphatic rings. The van der Waals surface area contributed by atoms with Crippen molar-refractivity contribution in [2.24, 2.45) is 7.05 Å². The summed E-state index contributed by atoms with van der Waals surface area (Å²) >= 11 is 1.52. The molecule has 116 valence electrons. The van der Waals surface area contributed by atoms with Gasteiger partial charge in [0.05, 0.1) is 13.2 Å². The van der Waals surface area contributed by atoms with Crippen LogP contribution < -0.4 is 10.6 Å². The summed E-state index contributed by atoms with van der Waals surface area (Å²) in [6.45, 7) is 1.76. The second-order valence-corrected chi connectivity index (χ2v) is 5.96. The minimum atomic E-state index is -0.290. The van der Waals surface area contributed by atoms with Gasteiger partial charge in [0.2, 0.25) is 5.91 Å². The molecule has 2 aromatic rings. The van der Waals surface area contributed by atoms with E-state index in [0.717, 1.165) is 15.7 Å². The maximum absolute atomic E-state index is 12.1. The third-order valence-corrected chi connectivity index (χ3v) is 4.30. The fourth-order valence-corrected chi connectivity index (χ4v) is 2.80. The number of ether oxygens (including phenoxy) is 1. The molecule has 0 radical (unpaired) electrons. The Morgan fingerprint density at radius 2 is 2.27 bits per heavy atom. The lowest BCUT2D eigenvalue weighted by Crippen LogP contribution is -2.48. The average Bonchev–Trinajstić information content (AvgIpc) is 2.95. The van der Waals surface area contributed by atoms with Crippen LogP contribution in [0.25, 0.3) is 0 Å². The number of nitrogens with one attached hydrogen (secondary N) is 2. The number of benzene rings is 1. The molecule has 1 amide bonds. The molecule has 1 fully saturated rings. The number of aryl methyl sites for hydroxylation is 1. The van der Waals surface area contributed by atoms with E-state index in [0.29, 0.717) is 19.8 Å². The highest BCUT2D eigenvalue weighted by Gasteiger charge is 2.21. The zero-order valence-electron chi connectivity index (χ0n) is 12.2. The monoisotopic (exact) mass is 319 g/mol. The fourth-order valence-electron chi connectivity index (χ4n) is 2.04. The zero-order valence-corrected chi connectivity index (χ0v) is 13.0. The summed E-state index contributed by atoms with van der Waals surface area (Å²) in [4.78, 5) is 13.1. The van der Waals surface area contributed by atoms with Crippen molar-refractivity contribution in [3.8, 4) is 0 Å². The predicted octanol–water partition coefficient (Wildman–Crippen LogP) is 0.893. The van der Waals surface area contributed by atoms with Crippen LogP contribution in [-0.2, 0) is 16.6 Å². The summed E-state index contributed by atoms with van der Waals surface area (Å²) in [7, 11) is 1.90. The van der Waals surface area contributed by atoms with Gasteiger partial charge in [0.25, 0.3) is 0 Å². The normalized spacial score (nSPS) is 18.1. The van der Waals surface area contributed by atoms with Crippen molar-refractivity contribution in [1.82, 2.24) is 20.1 Å². The minimum Gasteiger partial charge on any atom is -0.378 e. The largest absolute Gasteiger partial charge is 0.378 e. The predicted molar refractivity (Wildman–Crippen MR) is 82.8 cm³/mol. The maximum atomic E-state index is 12.1. The van der Waals surface area contributed by atoms with Crippen LogP contribution in [-0.4, -0.2) is 46.5 Å². The van der Waals surface area contributed by atoms with E-state index in [2.05, 4.69) is 20.8 Å². The first-order valence-electron chi connectivity index (χ1n) is 6.96. The lowest BCUT2D eigenvalue weighted by atomic mass is 10.2. The minimum absolute atomic E-state index is 0.0756. The van der Waals surface area contributed by atoms with Gasteiger partial charge in [0.1, 0.15) is 12.4 Å². The van der Waals surface area contributed by atoms with Crippen molar-refractivity contribution in [1.29, 1.82) is 0 Å². The molecule has 0 spiro atoms. The molecule has 2 N–H and O–H groups in total. The van der Waals surface area contributed by atoms with E-state index in [1.54, 1.807) is 6.33 Å². The van der Waals surface area contributed by atoms with E-state index >= 15 is 0 Å². The summed E-state index contributed by atoms with van der Waals surface area (Å²) in [6.07, 6.45) is 1.66. The highest BCUT2D eigenvalue weighted by Crippen LogP contribution is 2.26. The number of nitrogens with zero attached hydrogens (tertiary/aromatic N) is 3. The van der Waals surface area contributed by atoms with Gasteiger partial charge in [-0.3, -0.25) is 4.79 Å². The van der Waals surface area contributed by atoms with Gasteiger partial charge >= 0.3 is 0 Å². The molecule has 1 aliphatic heterocycles. The second-order valence-electron chi connectivity index (χ2n) is 4.92. The number of carbonyl (C=O) groups excluding carboxylic acids is 1. The number of hydrogen-bond acceptors (Lipinski definition) is 6. The van der Waals surface area contributed by atoms with E-state index in [-0.39, 0.29) is 11.9 Å². The Hall–Kier alpha value is -1.90. The van der Waals surface area contributed by atoms with Crippen LogP contribution in [0.2, 0.25) is 0 Å². The van der Waals surface area contributed by atoms with E-state index < -0.39 is 0 Å². The molecule has 3 rings (SSSR count). The highest BCUT2D eigenvalue weighted by atomic mass is 32.2. The Labute approximate surface area is 132 Å². The lowest BCUT2D eigenvalue weighted by Gasteiger charge is -2.22. The van der Waals surface area contributed by atoms with E-state index in [1.165, 1.54) is 11.8 Å². The second kappa shape index (κ2) is 6.91. The van der Waals surface area contributed by atoms with Gasteiger partial charge in [0, 0.05) is 24.2 Å².